The normalized spacial score (nSPS) is 10.5. The molecule has 0 aliphatic rings. The molecule has 0 heterocycles. The third kappa shape index (κ3) is 5.26. The van der Waals surface area contributed by atoms with Gasteiger partial charge in [0.15, 0.2) is 12.4 Å². The van der Waals surface area contributed by atoms with E-state index in [2.05, 4.69) is 10.1 Å². The van der Waals surface area contributed by atoms with Crippen LogP contribution in [-0.2, 0) is 4.79 Å². The van der Waals surface area contributed by atoms with E-state index < -0.39 is 12.5 Å². The number of anilines is 1. The van der Waals surface area contributed by atoms with E-state index in [9.17, 15) is 13.6 Å². The third-order valence-electron chi connectivity index (χ3n) is 2.63. The van der Waals surface area contributed by atoms with Gasteiger partial charge in [-0.15, -0.1) is 0 Å². The van der Waals surface area contributed by atoms with E-state index in [-0.39, 0.29) is 18.1 Å². The highest BCUT2D eigenvalue weighted by atomic mass is 35.5. The van der Waals surface area contributed by atoms with Gasteiger partial charge in [-0.3, -0.25) is 4.79 Å². The summed E-state index contributed by atoms with van der Waals surface area (Å²) in [5.74, 6) is -0.243. The molecule has 0 bridgehead atoms. The molecule has 0 radical (unpaired) electrons. The van der Waals surface area contributed by atoms with Crippen molar-refractivity contribution in [2.45, 2.75) is 6.61 Å². The quantitative estimate of drug-likeness (QED) is 0.816. The number of rotatable bonds is 6. The fraction of sp³-hybridized carbons (Fsp3) is 0.133. The molecule has 0 saturated heterocycles. The van der Waals surface area contributed by atoms with Gasteiger partial charge in [-0.25, -0.2) is 0 Å². The average molecular weight is 362 g/mol. The van der Waals surface area contributed by atoms with E-state index in [1.165, 1.54) is 24.3 Å². The van der Waals surface area contributed by atoms with Crippen molar-refractivity contribution < 1.29 is 23.0 Å². The standard InChI is InChI=1S/C15H11Cl2F2NO3/c16-11-2-1-3-12(17)14(11)22-8-13(21)20-9-4-6-10(7-5-9)23-15(18)19/h1-7,15H,8H2,(H,20,21). The molecule has 0 aromatic heterocycles. The molecular weight excluding hydrogens is 351 g/mol. The topological polar surface area (TPSA) is 47.6 Å². The average Bonchev–Trinajstić information content (AvgIpc) is 2.48. The fourth-order valence-corrected chi connectivity index (χ4v) is 2.18. The smallest absolute Gasteiger partial charge is 0.387 e. The van der Waals surface area contributed by atoms with Gasteiger partial charge in [0.2, 0.25) is 0 Å². The summed E-state index contributed by atoms with van der Waals surface area (Å²) in [6.45, 7) is -3.21. The maximum absolute atomic E-state index is 12.0. The number of carbonyl (C=O) groups is 1. The van der Waals surface area contributed by atoms with E-state index in [1.54, 1.807) is 18.2 Å². The second-order valence-corrected chi connectivity index (χ2v) is 5.10. The molecule has 2 aromatic carbocycles. The van der Waals surface area contributed by atoms with Crippen LogP contribution in [0.25, 0.3) is 0 Å². The highest BCUT2D eigenvalue weighted by Crippen LogP contribution is 2.32. The van der Waals surface area contributed by atoms with E-state index in [0.29, 0.717) is 15.7 Å². The molecule has 0 fully saturated rings. The van der Waals surface area contributed by atoms with E-state index in [1.807, 2.05) is 0 Å². The van der Waals surface area contributed by atoms with E-state index in [0.717, 1.165) is 0 Å². The first-order valence-corrected chi connectivity index (χ1v) is 7.13. The Morgan fingerprint density at radius 1 is 1.09 bits per heavy atom. The van der Waals surface area contributed by atoms with Gasteiger partial charge in [0.05, 0.1) is 10.0 Å². The lowest BCUT2D eigenvalue weighted by atomic mass is 10.3. The zero-order valence-corrected chi connectivity index (χ0v) is 13.1. The predicted octanol–water partition coefficient (Wildman–Crippen LogP) is 4.61. The molecule has 2 aromatic rings. The van der Waals surface area contributed by atoms with Crippen molar-refractivity contribution in [3.05, 3.63) is 52.5 Å². The highest BCUT2D eigenvalue weighted by Gasteiger charge is 2.10. The van der Waals surface area contributed by atoms with Gasteiger partial charge in [0.25, 0.3) is 5.91 Å². The molecule has 0 atom stereocenters. The first kappa shape index (κ1) is 17.3. The molecular formula is C15H11Cl2F2NO3. The molecule has 122 valence electrons. The van der Waals surface area contributed by atoms with Crippen LogP contribution < -0.4 is 14.8 Å². The van der Waals surface area contributed by atoms with Crippen LogP contribution in [0.1, 0.15) is 0 Å². The van der Waals surface area contributed by atoms with Gasteiger partial charge in [0.1, 0.15) is 5.75 Å². The van der Waals surface area contributed by atoms with Gasteiger partial charge in [-0.1, -0.05) is 29.3 Å². The SMILES string of the molecule is O=C(COc1c(Cl)cccc1Cl)Nc1ccc(OC(F)F)cc1. The zero-order chi connectivity index (χ0) is 16.8. The Morgan fingerprint density at radius 3 is 2.26 bits per heavy atom. The van der Waals surface area contributed by atoms with Crippen LogP contribution in [0.4, 0.5) is 14.5 Å². The van der Waals surface area contributed by atoms with Crippen LogP contribution in [-0.4, -0.2) is 19.1 Å². The Bertz CT molecular complexity index is 661. The summed E-state index contributed by atoms with van der Waals surface area (Å²) in [6, 6.07) is 10.3. The molecule has 0 unspecified atom stereocenters. The minimum Gasteiger partial charge on any atom is -0.481 e. The lowest BCUT2D eigenvalue weighted by Gasteiger charge is -2.10. The number of ether oxygens (including phenoxy) is 2. The number of carbonyl (C=O) groups excluding carboxylic acids is 1. The van der Waals surface area contributed by atoms with E-state index >= 15 is 0 Å². The molecule has 4 nitrogen and oxygen atoms in total. The molecule has 0 spiro atoms. The zero-order valence-electron chi connectivity index (χ0n) is 11.6. The molecule has 0 aliphatic heterocycles. The number of amides is 1. The minimum absolute atomic E-state index is 0.00269. The number of halogens is 4. The Kier molecular flexibility index (Phi) is 6.01. The Hall–Kier alpha value is -2.05. The molecule has 1 amide bonds. The maximum Gasteiger partial charge on any atom is 0.387 e. The number of hydrogen-bond acceptors (Lipinski definition) is 3. The second kappa shape index (κ2) is 7.99. The molecule has 0 saturated carbocycles. The van der Waals surface area contributed by atoms with Crippen LogP contribution >= 0.6 is 23.2 Å². The summed E-state index contributed by atoms with van der Waals surface area (Å²) in [7, 11) is 0. The largest absolute Gasteiger partial charge is 0.481 e. The molecule has 1 N–H and O–H groups in total. The number of para-hydroxylation sites is 1. The van der Waals surface area contributed by atoms with E-state index in [4.69, 9.17) is 27.9 Å². The highest BCUT2D eigenvalue weighted by molar-refractivity contribution is 6.37. The van der Waals surface area contributed by atoms with Gasteiger partial charge in [-0.2, -0.15) is 8.78 Å². The van der Waals surface area contributed by atoms with Crippen LogP contribution in [0.15, 0.2) is 42.5 Å². The van der Waals surface area contributed by atoms with Crippen molar-refractivity contribution >= 4 is 34.8 Å². The number of nitrogens with one attached hydrogen (secondary N) is 1. The Labute approximate surface area is 140 Å². The molecule has 8 heteroatoms. The van der Waals surface area contributed by atoms with Crippen molar-refractivity contribution in [2.75, 3.05) is 11.9 Å². The van der Waals surface area contributed by atoms with Gasteiger partial charge in [0, 0.05) is 5.69 Å². The molecule has 2 rings (SSSR count). The van der Waals surface area contributed by atoms with Gasteiger partial charge < -0.3 is 14.8 Å². The van der Waals surface area contributed by atoms with Crippen molar-refractivity contribution in [1.29, 1.82) is 0 Å². The van der Waals surface area contributed by atoms with Crippen molar-refractivity contribution in [3.63, 3.8) is 0 Å². The van der Waals surface area contributed by atoms with Crippen LogP contribution in [0.5, 0.6) is 11.5 Å². The van der Waals surface area contributed by atoms with Crippen molar-refractivity contribution in [3.8, 4) is 11.5 Å². The summed E-state index contributed by atoms with van der Waals surface area (Å²) < 4.78 is 33.5. The lowest BCUT2D eigenvalue weighted by Crippen LogP contribution is -2.20. The monoisotopic (exact) mass is 361 g/mol. The summed E-state index contributed by atoms with van der Waals surface area (Å²) in [5, 5.41) is 3.12. The van der Waals surface area contributed by atoms with Crippen molar-refractivity contribution in [1.82, 2.24) is 0 Å². The Morgan fingerprint density at radius 2 is 1.70 bits per heavy atom. The maximum atomic E-state index is 12.0. The summed E-state index contributed by atoms with van der Waals surface area (Å²) in [5.41, 5.74) is 0.408. The molecule has 23 heavy (non-hydrogen) atoms. The van der Waals surface area contributed by atoms with Crippen LogP contribution in [0.2, 0.25) is 10.0 Å². The number of alkyl halides is 2. The minimum atomic E-state index is -2.90. The summed E-state index contributed by atoms with van der Waals surface area (Å²) >= 11 is 11.8. The molecule has 0 aliphatic carbocycles. The van der Waals surface area contributed by atoms with Crippen LogP contribution in [0.3, 0.4) is 0 Å². The summed E-state index contributed by atoms with van der Waals surface area (Å²) in [4.78, 5) is 11.8. The lowest BCUT2D eigenvalue weighted by molar-refractivity contribution is -0.118. The van der Waals surface area contributed by atoms with Crippen LogP contribution in [0, 0.1) is 0 Å². The predicted molar refractivity (Wildman–Crippen MR) is 83.7 cm³/mol. The first-order chi connectivity index (χ1) is 11.0. The third-order valence-corrected chi connectivity index (χ3v) is 3.23. The van der Waals surface area contributed by atoms with Crippen molar-refractivity contribution in [2.24, 2.45) is 0 Å². The van der Waals surface area contributed by atoms with Gasteiger partial charge >= 0.3 is 6.61 Å². The number of benzene rings is 2. The number of hydrogen-bond donors (Lipinski definition) is 1. The summed E-state index contributed by atoms with van der Waals surface area (Å²) in [6.07, 6.45) is 0. The van der Waals surface area contributed by atoms with Gasteiger partial charge in [-0.05, 0) is 36.4 Å². The second-order valence-electron chi connectivity index (χ2n) is 4.29. The first-order valence-electron chi connectivity index (χ1n) is 6.37. The fourth-order valence-electron chi connectivity index (χ4n) is 1.67. The Balaban J connectivity index is 1.90.